The van der Waals surface area contributed by atoms with Crippen LogP contribution in [0.25, 0.3) is 10.2 Å². The van der Waals surface area contributed by atoms with E-state index in [1.807, 2.05) is 36.1 Å². The molecule has 136 valence electrons. The lowest BCUT2D eigenvalue weighted by atomic mass is 10.2. The van der Waals surface area contributed by atoms with E-state index in [2.05, 4.69) is 15.4 Å². The number of benzene rings is 1. The van der Waals surface area contributed by atoms with Crippen molar-refractivity contribution in [3.8, 4) is 0 Å². The smallest absolute Gasteiger partial charge is 0.223 e. The fourth-order valence-electron chi connectivity index (χ4n) is 3.17. The van der Waals surface area contributed by atoms with Crippen LogP contribution in [0.2, 0.25) is 5.02 Å². The Morgan fingerprint density at radius 3 is 3.23 bits per heavy atom. The highest BCUT2D eigenvalue weighted by Crippen LogP contribution is 2.25. The number of thiazole rings is 1. The summed E-state index contributed by atoms with van der Waals surface area (Å²) in [6.45, 7) is 3.22. The maximum atomic E-state index is 12.5. The van der Waals surface area contributed by atoms with Gasteiger partial charge in [-0.15, -0.1) is 11.3 Å². The van der Waals surface area contributed by atoms with E-state index in [4.69, 9.17) is 11.6 Å². The fraction of sp³-hybridized carbons (Fsp3) is 0.389. The van der Waals surface area contributed by atoms with Crippen molar-refractivity contribution in [2.24, 2.45) is 0 Å². The summed E-state index contributed by atoms with van der Waals surface area (Å²) in [5.74, 6) is 0.117. The molecule has 0 fully saturated rings. The van der Waals surface area contributed by atoms with Gasteiger partial charge in [0.05, 0.1) is 33.7 Å². The maximum Gasteiger partial charge on any atom is 0.223 e. The summed E-state index contributed by atoms with van der Waals surface area (Å²) in [5, 5.41) is 9.42. The van der Waals surface area contributed by atoms with Crippen LogP contribution in [0.5, 0.6) is 0 Å². The molecule has 3 aromatic rings. The van der Waals surface area contributed by atoms with Crippen LogP contribution in [0.3, 0.4) is 0 Å². The van der Waals surface area contributed by atoms with Crippen molar-refractivity contribution in [1.82, 2.24) is 25.0 Å². The van der Waals surface area contributed by atoms with Gasteiger partial charge >= 0.3 is 0 Å². The molecule has 6 nitrogen and oxygen atoms in total. The molecule has 1 amide bonds. The highest BCUT2D eigenvalue weighted by molar-refractivity contribution is 7.18. The van der Waals surface area contributed by atoms with Crippen molar-refractivity contribution < 1.29 is 4.79 Å². The first-order chi connectivity index (χ1) is 12.6. The normalized spacial score (nSPS) is 13.8. The molecule has 1 aromatic carbocycles. The Morgan fingerprint density at radius 1 is 1.46 bits per heavy atom. The summed E-state index contributed by atoms with van der Waals surface area (Å²) < 4.78 is 3.13. The molecule has 0 saturated heterocycles. The van der Waals surface area contributed by atoms with Gasteiger partial charge in [0.2, 0.25) is 5.91 Å². The largest absolute Gasteiger partial charge is 0.341 e. The van der Waals surface area contributed by atoms with Gasteiger partial charge in [0.25, 0.3) is 0 Å². The number of fused-ring (bicyclic) bond motifs is 2. The van der Waals surface area contributed by atoms with Gasteiger partial charge in [-0.2, -0.15) is 5.10 Å². The third-order valence-electron chi connectivity index (χ3n) is 4.61. The molecule has 0 radical (unpaired) electrons. The van der Waals surface area contributed by atoms with Crippen LogP contribution >= 0.6 is 22.9 Å². The zero-order valence-corrected chi connectivity index (χ0v) is 16.1. The number of nitrogens with zero attached hydrogens (tertiary/aromatic N) is 4. The standard InChI is InChI=1S/C18H20ClN5OS/c1-23(11-12-9-21-24-7-6-20-10-15(12)24)18(25)5-4-17-22-14-8-13(19)2-3-16(14)26-17/h2-3,8-9,20H,4-7,10-11H2,1H3. The SMILES string of the molecule is CN(Cc1cnn2c1CNCC2)C(=O)CCc1nc2cc(Cl)ccc2s1. The van der Waals surface area contributed by atoms with Gasteiger partial charge in [-0.25, -0.2) is 4.98 Å². The van der Waals surface area contributed by atoms with Gasteiger partial charge in [0.15, 0.2) is 0 Å². The van der Waals surface area contributed by atoms with Crippen LogP contribution in [0.4, 0.5) is 0 Å². The molecule has 0 aliphatic carbocycles. The third-order valence-corrected chi connectivity index (χ3v) is 5.94. The molecule has 2 aromatic heterocycles. The van der Waals surface area contributed by atoms with Crippen molar-refractivity contribution in [3.63, 3.8) is 0 Å². The number of halogens is 1. The molecule has 1 N–H and O–H groups in total. The fourth-order valence-corrected chi connectivity index (χ4v) is 4.29. The Hall–Kier alpha value is -1.96. The minimum atomic E-state index is 0.117. The van der Waals surface area contributed by atoms with Gasteiger partial charge in [-0.3, -0.25) is 9.48 Å². The minimum absolute atomic E-state index is 0.117. The number of aryl methyl sites for hydroxylation is 1. The topological polar surface area (TPSA) is 63.1 Å². The van der Waals surface area contributed by atoms with Crippen LogP contribution in [-0.4, -0.2) is 39.2 Å². The second-order valence-electron chi connectivity index (χ2n) is 6.49. The molecule has 3 heterocycles. The second-order valence-corrected chi connectivity index (χ2v) is 8.04. The molecule has 0 bridgehead atoms. The Kier molecular flexibility index (Phi) is 4.93. The zero-order valence-electron chi connectivity index (χ0n) is 14.5. The van der Waals surface area contributed by atoms with Crippen molar-refractivity contribution in [1.29, 1.82) is 0 Å². The Bertz CT molecular complexity index is 950. The van der Waals surface area contributed by atoms with E-state index in [0.29, 0.717) is 24.4 Å². The molecule has 0 atom stereocenters. The number of nitrogens with one attached hydrogen (secondary N) is 1. The number of carbonyl (C=O) groups excluding carboxylic acids is 1. The summed E-state index contributed by atoms with van der Waals surface area (Å²) in [7, 11) is 1.85. The molecule has 0 saturated carbocycles. The summed E-state index contributed by atoms with van der Waals surface area (Å²) in [5.41, 5.74) is 3.19. The van der Waals surface area contributed by atoms with E-state index >= 15 is 0 Å². The molecule has 26 heavy (non-hydrogen) atoms. The van der Waals surface area contributed by atoms with Crippen molar-refractivity contribution in [2.75, 3.05) is 13.6 Å². The molecule has 1 aliphatic rings. The number of rotatable bonds is 5. The summed E-state index contributed by atoms with van der Waals surface area (Å²) in [4.78, 5) is 18.9. The summed E-state index contributed by atoms with van der Waals surface area (Å²) in [6, 6.07) is 5.71. The van der Waals surface area contributed by atoms with Crippen LogP contribution in [0.15, 0.2) is 24.4 Å². The predicted molar refractivity (Wildman–Crippen MR) is 103 cm³/mol. The predicted octanol–water partition coefficient (Wildman–Crippen LogP) is 2.84. The molecular formula is C18H20ClN5OS. The van der Waals surface area contributed by atoms with Gasteiger partial charge in [-0.05, 0) is 18.2 Å². The molecule has 4 rings (SSSR count). The highest BCUT2D eigenvalue weighted by Gasteiger charge is 2.18. The lowest BCUT2D eigenvalue weighted by Crippen LogP contribution is -2.31. The van der Waals surface area contributed by atoms with Crippen molar-refractivity contribution >= 4 is 39.1 Å². The maximum absolute atomic E-state index is 12.5. The number of carbonyl (C=O) groups is 1. The van der Waals surface area contributed by atoms with Crippen LogP contribution in [0.1, 0.15) is 22.7 Å². The first-order valence-electron chi connectivity index (χ1n) is 8.63. The van der Waals surface area contributed by atoms with Gasteiger partial charge in [0.1, 0.15) is 0 Å². The average molecular weight is 390 g/mol. The summed E-state index contributed by atoms with van der Waals surface area (Å²) in [6.07, 6.45) is 2.98. The Morgan fingerprint density at radius 2 is 2.35 bits per heavy atom. The summed E-state index contributed by atoms with van der Waals surface area (Å²) >= 11 is 7.63. The zero-order chi connectivity index (χ0) is 18.1. The van der Waals surface area contributed by atoms with E-state index in [-0.39, 0.29) is 5.91 Å². The van der Waals surface area contributed by atoms with Crippen molar-refractivity contribution in [2.45, 2.75) is 32.5 Å². The molecule has 0 unspecified atom stereocenters. The van der Waals surface area contributed by atoms with Gasteiger partial charge < -0.3 is 10.2 Å². The second kappa shape index (κ2) is 7.34. The number of aromatic nitrogens is 3. The van der Waals surface area contributed by atoms with E-state index in [1.165, 1.54) is 5.69 Å². The average Bonchev–Trinajstić information content (AvgIpc) is 3.23. The van der Waals surface area contributed by atoms with Crippen molar-refractivity contribution in [3.05, 3.63) is 45.7 Å². The highest BCUT2D eigenvalue weighted by atomic mass is 35.5. The molecule has 0 spiro atoms. The van der Waals surface area contributed by atoms with Crippen LogP contribution in [-0.2, 0) is 30.8 Å². The van der Waals surface area contributed by atoms with Gasteiger partial charge in [0, 0.05) is 50.1 Å². The first-order valence-corrected chi connectivity index (χ1v) is 9.83. The molecule has 8 heteroatoms. The molecular weight excluding hydrogens is 370 g/mol. The Balaban J connectivity index is 1.37. The van der Waals surface area contributed by atoms with Crippen LogP contribution in [0, 0.1) is 0 Å². The minimum Gasteiger partial charge on any atom is -0.341 e. The van der Waals surface area contributed by atoms with E-state index in [9.17, 15) is 4.79 Å². The molecule has 1 aliphatic heterocycles. The number of hydrogen-bond acceptors (Lipinski definition) is 5. The van der Waals surface area contributed by atoms with E-state index in [0.717, 1.165) is 40.4 Å². The number of amides is 1. The van der Waals surface area contributed by atoms with E-state index < -0.39 is 0 Å². The first kappa shape index (κ1) is 17.5. The lowest BCUT2D eigenvalue weighted by Gasteiger charge is -2.20. The van der Waals surface area contributed by atoms with Crippen LogP contribution < -0.4 is 5.32 Å². The monoisotopic (exact) mass is 389 g/mol. The third kappa shape index (κ3) is 3.60. The lowest BCUT2D eigenvalue weighted by molar-refractivity contribution is -0.130. The van der Waals surface area contributed by atoms with Gasteiger partial charge in [-0.1, -0.05) is 11.6 Å². The number of hydrogen-bond donors (Lipinski definition) is 1. The van der Waals surface area contributed by atoms with E-state index in [1.54, 1.807) is 16.2 Å². The Labute approximate surface area is 160 Å². The quantitative estimate of drug-likeness (QED) is 0.728.